The second-order valence-corrected chi connectivity index (χ2v) is 41.5. The zero-order valence-electron chi connectivity index (χ0n) is 82.8. The Morgan fingerprint density at radius 2 is 0.927 bits per heavy atom. The maximum absolute atomic E-state index is 5.37. The number of aryl methyl sites for hydroxylation is 3. The van der Waals surface area contributed by atoms with Crippen LogP contribution in [0.4, 0.5) is 0 Å². The largest absolute Gasteiger partial charge is 0.445 e. The quantitative estimate of drug-likeness (QED) is 0.109. The molecule has 11 rings (SSSR count). The highest BCUT2D eigenvalue weighted by molar-refractivity contribution is 7.03. The van der Waals surface area contributed by atoms with Crippen LogP contribution in [0.15, 0.2) is 157 Å². The van der Waals surface area contributed by atoms with Gasteiger partial charge in [0.2, 0.25) is 11.8 Å². The number of imidazole rings is 2. The van der Waals surface area contributed by atoms with Crippen molar-refractivity contribution in [2.24, 2.45) is 21.1 Å². The fourth-order valence-corrected chi connectivity index (χ4v) is 11.3. The minimum Gasteiger partial charge on any atom is -0.445 e. The highest BCUT2D eigenvalue weighted by Crippen LogP contribution is 2.32. The van der Waals surface area contributed by atoms with Gasteiger partial charge in [0.05, 0.1) is 52.3 Å². The summed E-state index contributed by atoms with van der Waals surface area (Å²) in [7, 11) is 5.88. The van der Waals surface area contributed by atoms with Crippen molar-refractivity contribution in [3.05, 3.63) is 265 Å². The number of nitrogens with one attached hydrogen (secondary N) is 3. The minimum absolute atomic E-state index is 0.0360. The third kappa shape index (κ3) is 37.9. The van der Waals surface area contributed by atoms with Crippen LogP contribution in [-0.4, -0.2) is 84.1 Å². The Hall–Kier alpha value is -11.1. The van der Waals surface area contributed by atoms with E-state index in [4.69, 9.17) is 17.9 Å². The normalized spacial score (nSPS) is 11.6. The molecule has 0 aliphatic carbocycles. The summed E-state index contributed by atoms with van der Waals surface area (Å²) < 4.78 is 30.4. The molecule has 678 valence electrons. The van der Waals surface area contributed by atoms with Crippen LogP contribution in [0, 0.1) is 0 Å². The molecule has 11 heterocycles. The molecule has 0 unspecified atom stereocenters. The highest BCUT2D eigenvalue weighted by atomic mass is 32.1. The SMILES string of the molecule is C=Cc1[nH]ncc1C(C)(C)C.C=Cc1cc(C(C)(C)C)[nH]n1.C=Cc1cc(C(C)(C)C)n(C)n1.C=Cc1cc(C(C)(C)C)on1.C=Cc1nc(C(C)(C)C)cn1C.C=Cc1nc(C(C)(C)C)co1.C=Cc1ncc(C(C)(C)C)[nH]1.C=Cc1ncc(C(C)(C)C)o1.C=Cc1nn(C)cc1C(C)(C)C.C=Cc1nocc1C(C)(C)C.C=Cc1nscc1C(C)(C)C. The maximum Gasteiger partial charge on any atom is 0.218 e. The van der Waals surface area contributed by atoms with Gasteiger partial charge in [0.25, 0.3) is 0 Å². The number of nitrogens with zero attached hydrogens (tertiary/aromatic N) is 14. The predicted molar refractivity (Wildman–Crippen MR) is 530 cm³/mol. The maximum atomic E-state index is 5.37. The molecule has 0 amide bonds. The van der Waals surface area contributed by atoms with Gasteiger partial charge in [-0.05, 0) is 118 Å². The van der Waals surface area contributed by atoms with Gasteiger partial charge in [0.15, 0.2) is 0 Å². The van der Waals surface area contributed by atoms with Crippen LogP contribution in [0.3, 0.4) is 0 Å². The van der Waals surface area contributed by atoms with Crippen molar-refractivity contribution in [1.29, 1.82) is 0 Å². The van der Waals surface area contributed by atoms with Gasteiger partial charge in [-0.1, -0.05) is 311 Å². The molecule has 22 heteroatoms. The third-order valence-electron chi connectivity index (χ3n) is 18.1. The van der Waals surface area contributed by atoms with Crippen LogP contribution in [0.2, 0.25) is 0 Å². The Balaban J connectivity index is 0.000000682. The Labute approximate surface area is 750 Å². The van der Waals surface area contributed by atoms with E-state index in [2.05, 4.69) is 395 Å². The van der Waals surface area contributed by atoms with Crippen LogP contribution in [0.5, 0.6) is 0 Å². The topological polar surface area (TPSA) is 257 Å². The molecular formula is C102H155N17O4S. The van der Waals surface area contributed by atoms with E-state index in [1.165, 1.54) is 33.9 Å². The summed E-state index contributed by atoms with van der Waals surface area (Å²) in [5, 5.41) is 32.2. The Morgan fingerprint density at radius 1 is 0.395 bits per heavy atom. The van der Waals surface area contributed by atoms with Crippen molar-refractivity contribution in [1.82, 2.24) is 84.1 Å². The molecule has 21 nitrogen and oxygen atoms in total. The Morgan fingerprint density at radius 3 is 1.23 bits per heavy atom. The molecule has 124 heavy (non-hydrogen) atoms. The zero-order chi connectivity index (χ0) is 95.9. The fraction of sp³-hybridized carbons (Fsp3) is 0.461. The van der Waals surface area contributed by atoms with Gasteiger partial charge < -0.3 is 27.4 Å². The first-order chi connectivity index (χ1) is 56.7. The molecule has 0 aliphatic heterocycles. The fourth-order valence-electron chi connectivity index (χ4n) is 10.4. The van der Waals surface area contributed by atoms with Crippen molar-refractivity contribution in [3.8, 4) is 0 Å². The van der Waals surface area contributed by atoms with Crippen LogP contribution in [0.25, 0.3) is 66.8 Å². The number of aromatic nitrogens is 17. The first-order valence-electron chi connectivity index (χ1n) is 41.6. The average molecular weight is 1720 g/mol. The van der Waals surface area contributed by atoms with Crippen molar-refractivity contribution in [3.63, 3.8) is 0 Å². The summed E-state index contributed by atoms with van der Waals surface area (Å²) in [5.74, 6) is 4.75. The molecule has 0 bridgehead atoms. The molecular weight excluding hydrogens is 1560 g/mol. The molecule has 0 aromatic carbocycles. The van der Waals surface area contributed by atoms with Gasteiger partial charge in [-0.25, -0.2) is 19.9 Å². The highest BCUT2D eigenvalue weighted by Gasteiger charge is 2.26. The van der Waals surface area contributed by atoms with Crippen LogP contribution in [0.1, 0.15) is 354 Å². The lowest BCUT2D eigenvalue weighted by molar-refractivity contribution is 0.328. The molecule has 0 aliphatic rings. The Bertz CT molecular complexity index is 4650. The van der Waals surface area contributed by atoms with E-state index in [0.717, 1.165) is 91.4 Å². The summed E-state index contributed by atoms with van der Waals surface area (Å²) in [6.07, 6.45) is 32.0. The second kappa shape index (κ2) is 47.1. The molecule has 0 saturated carbocycles. The smallest absolute Gasteiger partial charge is 0.218 e. The van der Waals surface area contributed by atoms with E-state index in [-0.39, 0.29) is 59.6 Å². The second-order valence-electron chi connectivity index (χ2n) is 40.8. The van der Waals surface area contributed by atoms with E-state index in [0.29, 0.717) is 11.8 Å². The van der Waals surface area contributed by atoms with Crippen LogP contribution < -0.4 is 0 Å². The van der Waals surface area contributed by atoms with E-state index < -0.39 is 0 Å². The number of hydrogen-bond donors (Lipinski definition) is 3. The minimum atomic E-state index is 0.0360. The van der Waals surface area contributed by atoms with Gasteiger partial charge in [0.1, 0.15) is 47.1 Å². The van der Waals surface area contributed by atoms with Gasteiger partial charge >= 0.3 is 0 Å². The molecule has 11 aromatic heterocycles. The van der Waals surface area contributed by atoms with Crippen LogP contribution in [-0.2, 0) is 80.7 Å². The molecule has 0 fully saturated rings. The molecule has 0 spiro atoms. The van der Waals surface area contributed by atoms with Gasteiger partial charge in [-0.3, -0.25) is 19.6 Å². The number of H-pyrrole nitrogens is 3. The Kier molecular flexibility index (Phi) is 42.1. The van der Waals surface area contributed by atoms with Gasteiger partial charge in [0, 0.05) is 123 Å². The summed E-state index contributed by atoms with van der Waals surface area (Å²) in [6, 6.07) is 6.01. The number of aromatic amines is 3. The van der Waals surface area contributed by atoms with E-state index >= 15 is 0 Å². The van der Waals surface area contributed by atoms with E-state index in [1.54, 1.807) is 79.5 Å². The summed E-state index contributed by atoms with van der Waals surface area (Å²) >= 11 is 1.50. The van der Waals surface area contributed by atoms with E-state index in [1.807, 2.05) is 65.7 Å². The van der Waals surface area contributed by atoms with Crippen molar-refractivity contribution in [2.45, 2.75) is 288 Å². The standard InChI is InChI=1S/3C10H16N2.3C9H14N2.4C9H13NO.C9H13NS/c1-6-9-11-8(7-12(9)5)10(2,3)4;1-6-9-8(10(2,3)4)7-12(5)11-9;1-6-8-7-9(10(2,3)4)12(5)11-8;1-5-8-10-6-7(11-8)9(2,3)4;1-5-8-7(6-10-11-8)9(2,3)4;1-5-7-6-8(11-10-7)9(2,3)4;1-5-8-10-7(6-11-8)9(2,3)4;1-5-8-10-6-7(11-8)9(2,3)4;1-5-8-7(6-11-10-8)9(2,3)4;1-5-7-6-8(11-10-7)9(2,3)4;1-5-8-7(6-11-10-8)9(2,3)4/h3*6-7H,1H2,2-5H3;3*5-6H,1H2,2-4H3,(H,10,11);5*5-6H,1H2,2-4H3. The summed E-state index contributed by atoms with van der Waals surface area (Å²) in [5.41, 5.74) is 18.3. The van der Waals surface area contributed by atoms with E-state index in [9.17, 15) is 0 Å². The number of hydrogen-bond acceptors (Lipinski definition) is 16. The first-order valence-corrected chi connectivity index (χ1v) is 42.5. The number of rotatable bonds is 11. The monoisotopic (exact) mass is 1710 g/mol. The average Bonchev–Trinajstić information content (AvgIpc) is 1.69. The van der Waals surface area contributed by atoms with Crippen molar-refractivity contribution < 1.29 is 17.9 Å². The lowest BCUT2D eigenvalue weighted by Crippen LogP contribution is -2.16. The number of oxazole rings is 2. The first kappa shape index (κ1) is 111. The summed E-state index contributed by atoms with van der Waals surface area (Å²) in [6.45, 7) is 111. The van der Waals surface area contributed by atoms with Crippen LogP contribution >= 0.6 is 11.5 Å². The summed E-state index contributed by atoms with van der Waals surface area (Å²) in [4.78, 5) is 20.0. The van der Waals surface area contributed by atoms with Gasteiger partial charge in [-0.15, -0.1) is 0 Å². The third-order valence-corrected chi connectivity index (χ3v) is 18.7. The molecule has 0 saturated heterocycles. The molecule has 0 radical (unpaired) electrons. The zero-order valence-corrected chi connectivity index (χ0v) is 83.6. The van der Waals surface area contributed by atoms with Gasteiger partial charge in [-0.2, -0.15) is 24.8 Å². The molecule has 3 N–H and O–H groups in total. The van der Waals surface area contributed by atoms with Crippen molar-refractivity contribution in [2.75, 3.05) is 0 Å². The van der Waals surface area contributed by atoms with Crippen molar-refractivity contribution >= 4 is 78.4 Å². The predicted octanol–water partition coefficient (Wildman–Crippen LogP) is 27.7. The lowest BCUT2D eigenvalue weighted by atomic mass is 9.87. The molecule has 0 atom stereocenters. The lowest BCUT2D eigenvalue weighted by Gasteiger charge is -2.17. The molecule has 11 aromatic rings.